The standard InChI is InChI=1S/C16H27N5O2/c1-20-11-14(9-17-20)21-8-4-5-13(10-21)18-15(23)19-16(12-22)6-2-3-7-16/h9,11,13,22H,2-8,10,12H2,1H3,(H2,18,19,23). The number of hydrogen-bond donors (Lipinski definition) is 3. The van der Waals surface area contributed by atoms with Crippen LogP contribution >= 0.6 is 0 Å². The third kappa shape index (κ3) is 3.77. The maximum atomic E-state index is 12.3. The van der Waals surface area contributed by atoms with Crippen molar-refractivity contribution in [1.29, 1.82) is 0 Å². The largest absolute Gasteiger partial charge is 0.394 e. The van der Waals surface area contributed by atoms with Crippen molar-refractivity contribution in [1.82, 2.24) is 20.4 Å². The number of anilines is 1. The van der Waals surface area contributed by atoms with Crippen LogP contribution in [0.25, 0.3) is 0 Å². The Morgan fingerprint density at radius 2 is 2.22 bits per heavy atom. The number of aromatic nitrogens is 2. The molecule has 1 saturated carbocycles. The van der Waals surface area contributed by atoms with Crippen LogP contribution in [0.15, 0.2) is 12.4 Å². The Morgan fingerprint density at radius 1 is 1.43 bits per heavy atom. The fraction of sp³-hybridized carbons (Fsp3) is 0.750. The molecule has 2 heterocycles. The average Bonchev–Trinajstić information content (AvgIpc) is 3.17. The van der Waals surface area contributed by atoms with E-state index in [9.17, 15) is 9.90 Å². The zero-order valence-corrected chi connectivity index (χ0v) is 13.8. The second-order valence-corrected chi connectivity index (χ2v) is 6.90. The molecule has 2 fully saturated rings. The smallest absolute Gasteiger partial charge is 0.315 e. The maximum absolute atomic E-state index is 12.3. The molecule has 2 amide bonds. The first-order valence-corrected chi connectivity index (χ1v) is 8.53. The van der Waals surface area contributed by atoms with E-state index in [-0.39, 0.29) is 18.7 Å². The van der Waals surface area contributed by atoms with Crippen molar-refractivity contribution in [3.63, 3.8) is 0 Å². The quantitative estimate of drug-likeness (QED) is 0.772. The summed E-state index contributed by atoms with van der Waals surface area (Å²) in [6, 6.07) is -0.0277. The number of hydrogen-bond acceptors (Lipinski definition) is 4. The highest BCUT2D eigenvalue weighted by molar-refractivity contribution is 5.75. The van der Waals surface area contributed by atoms with E-state index < -0.39 is 5.54 Å². The Labute approximate surface area is 137 Å². The molecule has 7 nitrogen and oxygen atoms in total. The SMILES string of the molecule is Cn1cc(N2CCCC(NC(=O)NC3(CO)CCCC3)C2)cn1. The Morgan fingerprint density at radius 3 is 2.87 bits per heavy atom. The van der Waals surface area contributed by atoms with Crippen molar-refractivity contribution in [2.24, 2.45) is 7.05 Å². The van der Waals surface area contributed by atoms with Crippen LogP contribution in [0.3, 0.4) is 0 Å². The van der Waals surface area contributed by atoms with Crippen LogP contribution in [0.4, 0.5) is 10.5 Å². The minimum Gasteiger partial charge on any atom is -0.394 e. The Hall–Kier alpha value is -1.76. The summed E-state index contributed by atoms with van der Waals surface area (Å²) in [6.45, 7) is 1.81. The summed E-state index contributed by atoms with van der Waals surface area (Å²) in [5, 5.41) is 19.9. The van der Waals surface area contributed by atoms with E-state index in [1.807, 2.05) is 19.4 Å². The summed E-state index contributed by atoms with van der Waals surface area (Å²) in [5.74, 6) is 0. The first-order valence-electron chi connectivity index (χ1n) is 8.53. The van der Waals surface area contributed by atoms with Gasteiger partial charge in [0.15, 0.2) is 0 Å². The van der Waals surface area contributed by atoms with E-state index in [1.165, 1.54) is 0 Å². The number of aliphatic hydroxyl groups excluding tert-OH is 1. The Kier molecular flexibility index (Phi) is 4.75. The van der Waals surface area contributed by atoms with Crippen molar-refractivity contribution in [2.75, 3.05) is 24.6 Å². The molecule has 0 spiro atoms. The summed E-state index contributed by atoms with van der Waals surface area (Å²) in [4.78, 5) is 14.6. The summed E-state index contributed by atoms with van der Waals surface area (Å²) in [5.41, 5.74) is 0.684. The number of rotatable bonds is 4. The van der Waals surface area contributed by atoms with E-state index in [4.69, 9.17) is 0 Å². The lowest BCUT2D eigenvalue weighted by molar-refractivity contribution is 0.161. The van der Waals surface area contributed by atoms with E-state index in [0.717, 1.165) is 57.3 Å². The first kappa shape index (κ1) is 16.1. The summed E-state index contributed by atoms with van der Waals surface area (Å²) >= 11 is 0. The number of carbonyl (C=O) groups is 1. The van der Waals surface area contributed by atoms with Crippen molar-refractivity contribution in [3.8, 4) is 0 Å². The number of aliphatic hydroxyl groups is 1. The molecule has 2 aliphatic rings. The molecule has 1 saturated heterocycles. The third-order valence-electron chi connectivity index (χ3n) is 5.06. The van der Waals surface area contributed by atoms with Crippen LogP contribution in [0.5, 0.6) is 0 Å². The number of carbonyl (C=O) groups excluding carboxylic acids is 1. The monoisotopic (exact) mass is 321 g/mol. The van der Waals surface area contributed by atoms with Gasteiger partial charge in [-0.25, -0.2) is 4.79 Å². The van der Waals surface area contributed by atoms with Crippen LogP contribution < -0.4 is 15.5 Å². The third-order valence-corrected chi connectivity index (χ3v) is 5.06. The van der Waals surface area contributed by atoms with Gasteiger partial charge in [-0.05, 0) is 25.7 Å². The van der Waals surface area contributed by atoms with Crippen LogP contribution in [0, 0.1) is 0 Å². The lowest BCUT2D eigenvalue weighted by atomic mass is 9.99. The second kappa shape index (κ2) is 6.78. The molecule has 7 heteroatoms. The van der Waals surface area contributed by atoms with E-state index >= 15 is 0 Å². The van der Waals surface area contributed by atoms with Gasteiger partial charge >= 0.3 is 6.03 Å². The topological polar surface area (TPSA) is 82.4 Å². The van der Waals surface area contributed by atoms with Gasteiger partial charge in [0.2, 0.25) is 0 Å². The zero-order valence-electron chi connectivity index (χ0n) is 13.8. The zero-order chi connectivity index (χ0) is 16.3. The van der Waals surface area contributed by atoms with Crippen molar-refractivity contribution >= 4 is 11.7 Å². The van der Waals surface area contributed by atoms with Gasteiger partial charge in [0.1, 0.15) is 0 Å². The average molecular weight is 321 g/mol. The number of nitrogens with one attached hydrogen (secondary N) is 2. The van der Waals surface area contributed by atoms with E-state index in [0.29, 0.717) is 0 Å². The molecule has 1 unspecified atom stereocenters. The lowest BCUT2D eigenvalue weighted by Gasteiger charge is -2.35. The normalized spacial score (nSPS) is 23.7. The highest BCUT2D eigenvalue weighted by Crippen LogP contribution is 2.29. The predicted molar refractivity (Wildman–Crippen MR) is 88.4 cm³/mol. The molecule has 3 N–H and O–H groups in total. The second-order valence-electron chi connectivity index (χ2n) is 6.90. The summed E-state index contributed by atoms with van der Waals surface area (Å²) in [6.07, 6.45) is 9.76. The molecule has 0 radical (unpaired) electrons. The van der Waals surface area contributed by atoms with Gasteiger partial charge in [-0.2, -0.15) is 5.10 Å². The Bertz CT molecular complexity index is 538. The van der Waals surface area contributed by atoms with Gasteiger partial charge in [-0.3, -0.25) is 4.68 Å². The molecule has 0 bridgehead atoms. The number of aryl methyl sites for hydroxylation is 1. The summed E-state index contributed by atoms with van der Waals surface area (Å²) in [7, 11) is 1.91. The van der Waals surface area contributed by atoms with Crippen molar-refractivity contribution in [2.45, 2.75) is 50.1 Å². The van der Waals surface area contributed by atoms with Crippen LogP contribution in [-0.2, 0) is 7.05 Å². The molecule has 1 aliphatic heterocycles. The highest BCUT2D eigenvalue weighted by atomic mass is 16.3. The van der Waals surface area contributed by atoms with Crippen molar-refractivity contribution in [3.05, 3.63) is 12.4 Å². The van der Waals surface area contributed by atoms with Crippen LogP contribution in [-0.4, -0.2) is 52.2 Å². The molecule has 1 atom stereocenters. The van der Waals surface area contributed by atoms with Gasteiger partial charge in [0.25, 0.3) is 0 Å². The minimum atomic E-state index is -0.415. The van der Waals surface area contributed by atoms with Gasteiger partial charge in [0, 0.05) is 32.4 Å². The molecule has 1 aromatic heterocycles. The minimum absolute atomic E-state index is 0.0207. The number of amides is 2. The predicted octanol–water partition coefficient (Wildman–Crippen LogP) is 0.993. The van der Waals surface area contributed by atoms with E-state index in [2.05, 4.69) is 20.6 Å². The number of nitrogens with zero attached hydrogens (tertiary/aromatic N) is 3. The number of urea groups is 1. The van der Waals surface area contributed by atoms with E-state index in [1.54, 1.807) is 4.68 Å². The van der Waals surface area contributed by atoms with Crippen LogP contribution in [0.1, 0.15) is 38.5 Å². The fourth-order valence-corrected chi connectivity index (χ4v) is 3.74. The maximum Gasteiger partial charge on any atom is 0.315 e. The Balaban J connectivity index is 1.54. The molecule has 3 rings (SSSR count). The number of piperidine rings is 1. The molecular formula is C16H27N5O2. The van der Waals surface area contributed by atoms with Gasteiger partial charge < -0.3 is 20.6 Å². The van der Waals surface area contributed by atoms with Gasteiger partial charge in [-0.1, -0.05) is 12.8 Å². The molecule has 0 aromatic carbocycles. The fourth-order valence-electron chi connectivity index (χ4n) is 3.74. The molecule has 128 valence electrons. The van der Waals surface area contributed by atoms with Gasteiger partial charge in [0.05, 0.1) is 24.0 Å². The van der Waals surface area contributed by atoms with Crippen molar-refractivity contribution < 1.29 is 9.90 Å². The molecule has 1 aliphatic carbocycles. The summed E-state index contributed by atoms with van der Waals surface area (Å²) < 4.78 is 1.80. The lowest BCUT2D eigenvalue weighted by Crippen LogP contribution is -2.57. The first-order chi connectivity index (χ1) is 11.1. The highest BCUT2D eigenvalue weighted by Gasteiger charge is 2.35. The molecule has 1 aromatic rings. The molecule has 23 heavy (non-hydrogen) atoms. The molecular weight excluding hydrogens is 294 g/mol. The van der Waals surface area contributed by atoms with Gasteiger partial charge in [-0.15, -0.1) is 0 Å². The van der Waals surface area contributed by atoms with Crippen LogP contribution in [0.2, 0.25) is 0 Å².